The third-order valence-electron chi connectivity index (χ3n) is 3.67. The van der Waals surface area contributed by atoms with Crippen LogP contribution in [-0.2, 0) is 16.6 Å². The highest BCUT2D eigenvalue weighted by Crippen LogP contribution is 2.29. The number of aliphatic hydroxyl groups is 1. The summed E-state index contributed by atoms with van der Waals surface area (Å²) in [7, 11) is -4.02. The van der Waals surface area contributed by atoms with Gasteiger partial charge in [0.1, 0.15) is 10.7 Å². The van der Waals surface area contributed by atoms with Crippen LogP contribution in [-0.4, -0.2) is 20.1 Å². The number of rotatable bonds is 6. The lowest BCUT2D eigenvalue weighted by molar-refractivity contribution is 0.267. The van der Waals surface area contributed by atoms with Crippen molar-refractivity contribution in [3.8, 4) is 0 Å². The topological polar surface area (TPSA) is 66.4 Å². The summed E-state index contributed by atoms with van der Waals surface area (Å²) in [6.07, 6.45) is 4.08. The molecule has 0 bridgehead atoms. The second-order valence-corrected chi connectivity index (χ2v) is 6.71. The van der Waals surface area contributed by atoms with Crippen LogP contribution in [0.3, 0.4) is 0 Å². The van der Waals surface area contributed by atoms with Gasteiger partial charge in [-0.25, -0.2) is 21.9 Å². The number of sulfonamides is 1. The predicted octanol–water partition coefficient (Wildman–Crippen LogP) is 1.93. The van der Waals surface area contributed by atoms with Crippen molar-refractivity contribution in [3.05, 3.63) is 29.3 Å². The number of hydrogen-bond donors (Lipinski definition) is 2. The molecule has 7 heteroatoms. The first-order chi connectivity index (χ1) is 9.45. The molecule has 0 heterocycles. The molecule has 1 aromatic carbocycles. The second-order valence-electron chi connectivity index (χ2n) is 4.98. The van der Waals surface area contributed by atoms with E-state index in [-0.39, 0.29) is 6.54 Å². The van der Waals surface area contributed by atoms with Gasteiger partial charge in [-0.2, -0.15) is 0 Å². The van der Waals surface area contributed by atoms with Crippen molar-refractivity contribution < 1.29 is 22.3 Å². The van der Waals surface area contributed by atoms with Gasteiger partial charge in [-0.3, -0.25) is 0 Å². The molecule has 112 valence electrons. The normalized spacial score (nSPS) is 16.1. The highest BCUT2D eigenvalue weighted by atomic mass is 32.2. The molecule has 4 nitrogen and oxygen atoms in total. The smallest absolute Gasteiger partial charge is 0.243 e. The minimum atomic E-state index is -4.02. The van der Waals surface area contributed by atoms with E-state index in [9.17, 15) is 17.2 Å². The van der Waals surface area contributed by atoms with E-state index in [0.29, 0.717) is 5.92 Å². The molecule has 0 aliphatic heterocycles. The van der Waals surface area contributed by atoms with Crippen LogP contribution in [0.25, 0.3) is 0 Å². The van der Waals surface area contributed by atoms with Gasteiger partial charge < -0.3 is 5.11 Å². The molecule has 1 saturated carbocycles. The Balaban J connectivity index is 2.12. The molecule has 2 rings (SSSR count). The largest absolute Gasteiger partial charge is 0.391 e. The predicted molar refractivity (Wildman–Crippen MR) is 69.4 cm³/mol. The summed E-state index contributed by atoms with van der Waals surface area (Å²) in [5.74, 6) is -1.66. The molecule has 0 atom stereocenters. The van der Waals surface area contributed by atoms with Crippen LogP contribution in [0.2, 0.25) is 0 Å². The zero-order chi connectivity index (χ0) is 14.8. The Kier molecular flexibility index (Phi) is 4.72. The molecule has 0 amide bonds. The summed E-state index contributed by atoms with van der Waals surface area (Å²) in [6, 6.07) is 1.71. The molecule has 0 aromatic heterocycles. The Bertz CT molecular complexity index is 586. The minimum Gasteiger partial charge on any atom is -0.391 e. The number of benzene rings is 1. The molecule has 2 N–H and O–H groups in total. The molecule has 0 saturated heterocycles. The SMILES string of the molecule is O=S(=O)(NCCC1CCC1)c1ccc(F)c(CO)c1F. The van der Waals surface area contributed by atoms with E-state index in [1.807, 2.05) is 0 Å². The van der Waals surface area contributed by atoms with Crippen molar-refractivity contribution in [1.82, 2.24) is 4.72 Å². The first-order valence-electron chi connectivity index (χ1n) is 6.53. The molecule has 1 fully saturated rings. The van der Waals surface area contributed by atoms with E-state index >= 15 is 0 Å². The second kappa shape index (κ2) is 6.15. The summed E-state index contributed by atoms with van der Waals surface area (Å²) in [5, 5.41) is 8.88. The molecule has 0 spiro atoms. The van der Waals surface area contributed by atoms with Gasteiger partial charge in [-0.05, 0) is 24.5 Å². The maximum Gasteiger partial charge on any atom is 0.243 e. The summed E-state index contributed by atoms with van der Waals surface area (Å²) >= 11 is 0. The molecule has 0 unspecified atom stereocenters. The van der Waals surface area contributed by atoms with Crippen LogP contribution in [0.5, 0.6) is 0 Å². The Hall–Kier alpha value is -1.05. The molecular weight excluding hydrogens is 288 g/mol. The van der Waals surface area contributed by atoms with Crippen molar-refractivity contribution in [3.63, 3.8) is 0 Å². The summed E-state index contributed by atoms with van der Waals surface area (Å²) < 4.78 is 53.3. The number of nitrogens with one attached hydrogen (secondary N) is 1. The standard InChI is InChI=1S/C13H17F2NO3S/c14-11-4-5-12(13(15)10(11)8-17)20(18,19)16-7-6-9-2-1-3-9/h4-5,9,16-17H,1-3,6-8H2. The summed E-state index contributed by atoms with van der Waals surface area (Å²) in [5.41, 5.74) is -0.633. The Morgan fingerprint density at radius 1 is 1.30 bits per heavy atom. The van der Waals surface area contributed by atoms with Gasteiger partial charge in [0.15, 0.2) is 5.82 Å². The maximum absolute atomic E-state index is 13.9. The molecule has 1 aromatic rings. The lowest BCUT2D eigenvalue weighted by Crippen LogP contribution is -2.28. The Labute approximate surface area is 116 Å². The van der Waals surface area contributed by atoms with Crippen LogP contribution >= 0.6 is 0 Å². The first-order valence-corrected chi connectivity index (χ1v) is 8.01. The monoisotopic (exact) mass is 305 g/mol. The van der Waals surface area contributed by atoms with Crippen LogP contribution in [0.1, 0.15) is 31.2 Å². The van der Waals surface area contributed by atoms with Crippen molar-refractivity contribution in [2.45, 2.75) is 37.2 Å². The van der Waals surface area contributed by atoms with Gasteiger partial charge in [0.25, 0.3) is 0 Å². The zero-order valence-electron chi connectivity index (χ0n) is 10.9. The van der Waals surface area contributed by atoms with E-state index in [2.05, 4.69) is 4.72 Å². The fourth-order valence-corrected chi connectivity index (χ4v) is 3.33. The van der Waals surface area contributed by atoms with Crippen molar-refractivity contribution in [2.24, 2.45) is 5.92 Å². The third kappa shape index (κ3) is 3.16. The number of halogens is 2. The zero-order valence-corrected chi connectivity index (χ0v) is 11.7. The van der Waals surface area contributed by atoms with E-state index in [1.54, 1.807) is 0 Å². The van der Waals surface area contributed by atoms with Crippen molar-refractivity contribution in [2.75, 3.05) is 6.54 Å². The van der Waals surface area contributed by atoms with E-state index in [1.165, 1.54) is 6.42 Å². The van der Waals surface area contributed by atoms with Gasteiger partial charge in [0.05, 0.1) is 12.2 Å². The molecule has 1 aliphatic rings. The first kappa shape index (κ1) is 15.3. The average molecular weight is 305 g/mol. The summed E-state index contributed by atoms with van der Waals surface area (Å²) in [4.78, 5) is -0.628. The summed E-state index contributed by atoms with van der Waals surface area (Å²) in [6.45, 7) is -0.651. The Morgan fingerprint density at radius 2 is 2.00 bits per heavy atom. The molecular formula is C13H17F2NO3S. The van der Waals surface area contributed by atoms with Gasteiger partial charge in [-0.15, -0.1) is 0 Å². The van der Waals surface area contributed by atoms with Gasteiger partial charge in [0.2, 0.25) is 10.0 Å². The highest BCUT2D eigenvalue weighted by Gasteiger charge is 2.24. The minimum absolute atomic E-state index is 0.234. The van der Waals surface area contributed by atoms with Crippen LogP contribution < -0.4 is 4.72 Å². The van der Waals surface area contributed by atoms with Gasteiger partial charge in [0, 0.05) is 6.54 Å². The lowest BCUT2D eigenvalue weighted by Gasteiger charge is -2.25. The van der Waals surface area contributed by atoms with Gasteiger partial charge in [-0.1, -0.05) is 19.3 Å². The van der Waals surface area contributed by atoms with E-state index in [0.717, 1.165) is 31.4 Å². The maximum atomic E-state index is 13.9. The molecule has 20 heavy (non-hydrogen) atoms. The lowest BCUT2D eigenvalue weighted by atomic mass is 9.83. The third-order valence-corrected chi connectivity index (χ3v) is 5.15. The van der Waals surface area contributed by atoms with E-state index in [4.69, 9.17) is 5.11 Å². The van der Waals surface area contributed by atoms with Crippen molar-refractivity contribution in [1.29, 1.82) is 0 Å². The quantitative estimate of drug-likeness (QED) is 0.844. The molecule has 0 radical (unpaired) electrons. The Morgan fingerprint density at radius 3 is 2.55 bits per heavy atom. The number of hydrogen-bond acceptors (Lipinski definition) is 3. The van der Waals surface area contributed by atoms with Crippen molar-refractivity contribution >= 4 is 10.0 Å². The highest BCUT2D eigenvalue weighted by molar-refractivity contribution is 7.89. The van der Waals surface area contributed by atoms with Crippen LogP contribution in [0.4, 0.5) is 8.78 Å². The number of aliphatic hydroxyl groups excluding tert-OH is 1. The van der Waals surface area contributed by atoms with E-state index < -0.39 is 38.7 Å². The van der Waals surface area contributed by atoms with Crippen LogP contribution in [0, 0.1) is 17.6 Å². The molecule has 1 aliphatic carbocycles. The van der Waals surface area contributed by atoms with Crippen LogP contribution in [0.15, 0.2) is 17.0 Å². The fraction of sp³-hybridized carbons (Fsp3) is 0.538. The average Bonchev–Trinajstić information content (AvgIpc) is 2.32. The fourth-order valence-electron chi connectivity index (χ4n) is 2.19. The van der Waals surface area contributed by atoms with Gasteiger partial charge >= 0.3 is 0 Å².